The van der Waals surface area contributed by atoms with Crippen LogP contribution in [0.4, 0.5) is 30.5 Å². The number of aliphatic hydroxyl groups is 1. The third kappa shape index (κ3) is 4.89. The molecule has 0 atom stereocenters. The Balaban J connectivity index is 1.59. The Morgan fingerprint density at radius 3 is 2.68 bits per heavy atom. The molecule has 202 valence electrons. The van der Waals surface area contributed by atoms with E-state index in [4.69, 9.17) is 10.6 Å². The number of carbonyl (C=O) groups excluding carboxylic acids is 1. The van der Waals surface area contributed by atoms with E-state index >= 15 is 4.39 Å². The Morgan fingerprint density at radius 1 is 1.24 bits per heavy atom. The number of alkyl halides is 2. The number of fused-ring (bicyclic) bond motifs is 3. The van der Waals surface area contributed by atoms with E-state index in [1.165, 1.54) is 23.0 Å². The number of aryl methyl sites for hydroxylation is 1. The lowest BCUT2D eigenvalue weighted by atomic mass is 9.93. The average molecular weight is 533 g/mol. The van der Waals surface area contributed by atoms with Gasteiger partial charge < -0.3 is 20.6 Å². The highest BCUT2D eigenvalue weighted by Crippen LogP contribution is 2.37. The number of nitrogens with zero attached hydrogens (tertiary/aromatic N) is 7. The highest BCUT2D eigenvalue weighted by atomic mass is 19.3. The van der Waals surface area contributed by atoms with Gasteiger partial charge in [0.05, 0.1) is 24.5 Å². The minimum absolute atomic E-state index is 0.0471. The van der Waals surface area contributed by atoms with Crippen LogP contribution < -0.4 is 15.7 Å². The van der Waals surface area contributed by atoms with Crippen molar-refractivity contribution in [3.8, 4) is 11.4 Å². The number of aliphatic hydroxyl groups excluding tert-OH is 1. The molecule has 0 spiro atoms. The van der Waals surface area contributed by atoms with E-state index in [1.807, 2.05) is 11.9 Å². The van der Waals surface area contributed by atoms with Crippen LogP contribution in [-0.4, -0.2) is 82.1 Å². The van der Waals surface area contributed by atoms with E-state index < -0.39 is 18.3 Å². The predicted octanol–water partition coefficient (Wildman–Crippen LogP) is 1.71. The summed E-state index contributed by atoms with van der Waals surface area (Å²) in [4.78, 5) is 29.6. The quantitative estimate of drug-likeness (QED) is 0.417. The molecule has 2 aromatic heterocycles. The lowest BCUT2D eigenvalue weighted by molar-refractivity contribution is -0.130. The molecular weight excluding hydrogens is 505 g/mol. The third-order valence-electron chi connectivity index (χ3n) is 6.70. The molecule has 3 heterocycles. The number of piperazine rings is 1. The summed E-state index contributed by atoms with van der Waals surface area (Å²) in [6.45, 7) is -0.542. The summed E-state index contributed by atoms with van der Waals surface area (Å²) in [5, 5.41) is 14.3. The van der Waals surface area contributed by atoms with Crippen molar-refractivity contribution < 1.29 is 27.9 Å². The van der Waals surface area contributed by atoms with Gasteiger partial charge in [0.15, 0.2) is 5.69 Å². The summed E-state index contributed by atoms with van der Waals surface area (Å²) >= 11 is 0. The maximum absolute atomic E-state index is 15.1. The van der Waals surface area contributed by atoms with Gasteiger partial charge in [-0.05, 0) is 43.7 Å². The number of rotatable bonds is 8. The number of halogens is 3. The zero-order valence-corrected chi connectivity index (χ0v) is 20.6. The lowest BCUT2D eigenvalue weighted by Crippen LogP contribution is -2.44. The number of anilines is 3. The summed E-state index contributed by atoms with van der Waals surface area (Å²) in [5.41, 5.74) is 7.85. The van der Waals surface area contributed by atoms with Crippen molar-refractivity contribution in [3.63, 3.8) is 0 Å². The molecule has 0 unspecified atom stereocenters. The van der Waals surface area contributed by atoms with Gasteiger partial charge in [0.25, 0.3) is 11.9 Å². The molecule has 1 aliphatic carbocycles. The molecule has 0 bridgehead atoms. The molecule has 14 heteroatoms. The van der Waals surface area contributed by atoms with Crippen LogP contribution in [0.1, 0.15) is 21.6 Å². The molecule has 1 fully saturated rings. The number of carbonyl (C=O) groups is 1. The molecule has 3 aromatic rings. The van der Waals surface area contributed by atoms with Crippen molar-refractivity contribution >= 4 is 23.2 Å². The van der Waals surface area contributed by atoms with E-state index in [0.29, 0.717) is 59.2 Å². The van der Waals surface area contributed by atoms with Crippen LogP contribution in [0.15, 0.2) is 24.4 Å². The number of aromatic nitrogens is 4. The number of hydrogen-bond donors (Lipinski definition) is 2. The number of amides is 1. The van der Waals surface area contributed by atoms with Crippen molar-refractivity contribution in [3.05, 3.63) is 47.0 Å². The second-order valence-corrected chi connectivity index (χ2v) is 9.12. The standard InChI is InChI=1S/C24H27F3N8O3/c1-32-6-8-33(9-7-32)15-3-5-17(25)18(12-15)35(38-23(26)27)24-29-13-14-2-4-16-20(22(28)37)31-34(10-11-36)21(16)19(14)30-24/h3,5,12-13,23,36H,2,4,6-11H2,1H3,(H2,28,37). The average Bonchev–Trinajstić information content (AvgIpc) is 3.27. The Morgan fingerprint density at radius 2 is 2.00 bits per heavy atom. The Labute approximate surface area is 216 Å². The van der Waals surface area contributed by atoms with Gasteiger partial charge in [-0.15, -0.1) is 0 Å². The molecule has 0 saturated carbocycles. The SMILES string of the molecule is CN1CCN(c2ccc(F)c(N(OC(F)F)c3ncc4c(n3)-c3c(c(C(N)=O)nn3CCO)CC4)c2)CC1. The highest BCUT2D eigenvalue weighted by molar-refractivity contribution is 5.94. The highest BCUT2D eigenvalue weighted by Gasteiger charge is 2.31. The summed E-state index contributed by atoms with van der Waals surface area (Å²) in [6, 6.07) is 4.21. The van der Waals surface area contributed by atoms with Crippen LogP contribution in [0.5, 0.6) is 0 Å². The van der Waals surface area contributed by atoms with Crippen LogP contribution in [-0.2, 0) is 24.2 Å². The third-order valence-corrected chi connectivity index (χ3v) is 6.70. The normalized spacial score (nSPS) is 15.5. The van der Waals surface area contributed by atoms with Crippen LogP contribution in [0.2, 0.25) is 0 Å². The van der Waals surface area contributed by atoms with Crippen LogP contribution >= 0.6 is 0 Å². The fourth-order valence-electron chi connectivity index (χ4n) is 4.81. The fourth-order valence-corrected chi connectivity index (χ4v) is 4.81. The maximum Gasteiger partial charge on any atom is 0.365 e. The minimum atomic E-state index is -3.29. The molecule has 0 radical (unpaired) electrons. The van der Waals surface area contributed by atoms with Crippen molar-refractivity contribution in [2.75, 3.05) is 49.8 Å². The van der Waals surface area contributed by atoms with Gasteiger partial charge in [-0.3, -0.25) is 9.48 Å². The smallest absolute Gasteiger partial charge is 0.365 e. The molecule has 1 aromatic carbocycles. The number of hydrogen-bond acceptors (Lipinski definition) is 9. The van der Waals surface area contributed by atoms with Crippen molar-refractivity contribution in [1.29, 1.82) is 0 Å². The molecule has 11 nitrogen and oxygen atoms in total. The van der Waals surface area contributed by atoms with Gasteiger partial charge in [-0.25, -0.2) is 14.4 Å². The maximum atomic E-state index is 15.1. The molecule has 5 rings (SSSR count). The molecular formula is C24H27F3N8O3. The summed E-state index contributed by atoms with van der Waals surface area (Å²) in [7, 11) is 2.00. The summed E-state index contributed by atoms with van der Waals surface area (Å²) < 4.78 is 43.6. The zero-order valence-electron chi connectivity index (χ0n) is 20.6. The predicted molar refractivity (Wildman–Crippen MR) is 132 cm³/mol. The van der Waals surface area contributed by atoms with Crippen LogP contribution in [0, 0.1) is 5.82 Å². The zero-order chi connectivity index (χ0) is 27.0. The minimum Gasteiger partial charge on any atom is -0.394 e. The first kappa shape index (κ1) is 25.9. The van der Waals surface area contributed by atoms with Crippen LogP contribution in [0.3, 0.4) is 0 Å². The van der Waals surface area contributed by atoms with Gasteiger partial charge in [-0.1, -0.05) is 0 Å². The summed E-state index contributed by atoms with van der Waals surface area (Å²) in [6.07, 6.45) is 2.31. The largest absolute Gasteiger partial charge is 0.394 e. The van der Waals surface area contributed by atoms with Gasteiger partial charge in [-0.2, -0.15) is 23.8 Å². The van der Waals surface area contributed by atoms with E-state index in [9.17, 15) is 18.7 Å². The topological polar surface area (TPSA) is 126 Å². The van der Waals surface area contributed by atoms with Gasteiger partial charge in [0.2, 0.25) is 0 Å². The molecule has 3 N–H and O–H groups in total. The molecule has 1 amide bonds. The first-order valence-corrected chi connectivity index (χ1v) is 12.1. The second kappa shape index (κ2) is 10.6. The first-order valence-electron chi connectivity index (χ1n) is 12.1. The molecule has 38 heavy (non-hydrogen) atoms. The number of nitrogens with two attached hydrogens (primary N) is 1. The monoisotopic (exact) mass is 532 g/mol. The van der Waals surface area contributed by atoms with E-state index in [0.717, 1.165) is 13.1 Å². The lowest BCUT2D eigenvalue weighted by Gasteiger charge is -2.34. The van der Waals surface area contributed by atoms with Gasteiger partial charge >= 0.3 is 6.61 Å². The summed E-state index contributed by atoms with van der Waals surface area (Å²) in [5.74, 6) is -1.86. The Kier molecular flexibility index (Phi) is 7.19. The van der Waals surface area contributed by atoms with E-state index in [2.05, 4.69) is 20.0 Å². The van der Waals surface area contributed by atoms with Crippen molar-refractivity contribution in [2.24, 2.45) is 5.73 Å². The molecule has 1 saturated heterocycles. The Bertz CT molecular complexity index is 1340. The number of primary amides is 1. The fraction of sp³-hybridized carbons (Fsp3) is 0.417. The van der Waals surface area contributed by atoms with Crippen LogP contribution in [0.25, 0.3) is 11.4 Å². The second-order valence-electron chi connectivity index (χ2n) is 9.12. The molecule has 2 aliphatic rings. The Hall–Kier alpha value is -3.75. The van der Waals surface area contributed by atoms with Crippen molar-refractivity contribution in [1.82, 2.24) is 24.6 Å². The van der Waals surface area contributed by atoms with Crippen molar-refractivity contribution in [2.45, 2.75) is 26.0 Å². The molecule has 1 aliphatic heterocycles. The van der Waals surface area contributed by atoms with E-state index in [-0.39, 0.29) is 30.5 Å². The van der Waals surface area contributed by atoms with E-state index in [1.54, 1.807) is 6.07 Å². The van der Waals surface area contributed by atoms with Gasteiger partial charge in [0.1, 0.15) is 11.5 Å². The number of benzene rings is 1. The van der Waals surface area contributed by atoms with Gasteiger partial charge in [0, 0.05) is 43.6 Å². The first-order chi connectivity index (χ1) is 18.3. The number of likely N-dealkylation sites (N-methyl/N-ethyl adjacent to an activating group) is 1.